The highest BCUT2D eigenvalue weighted by Crippen LogP contribution is 2.27. The largest absolute Gasteiger partial charge is 0.479 e. The van der Waals surface area contributed by atoms with Gasteiger partial charge in [-0.2, -0.15) is 0 Å². The van der Waals surface area contributed by atoms with E-state index in [-0.39, 0.29) is 12.8 Å². The number of fused-ring (bicyclic) bond motifs is 1. The minimum absolute atomic E-state index is 0.148. The number of aliphatic hydroxyl groups is 1. The van der Waals surface area contributed by atoms with Gasteiger partial charge in [-0.05, 0) is 13.8 Å². The second-order valence-electron chi connectivity index (χ2n) is 4.11. The predicted molar refractivity (Wildman–Crippen MR) is 52.6 cm³/mol. The normalized spacial score (nSPS) is 25.0. The molecule has 0 saturated heterocycles. The fraction of sp³-hybridized carbons (Fsp3) is 0.600. The zero-order valence-electron chi connectivity index (χ0n) is 8.82. The molecule has 1 unspecified atom stereocenters. The third-order valence-electron chi connectivity index (χ3n) is 3.07. The summed E-state index contributed by atoms with van der Waals surface area (Å²) < 4.78 is 1.98. The first kappa shape index (κ1) is 10.2. The van der Waals surface area contributed by atoms with Crippen LogP contribution in [-0.4, -0.2) is 31.3 Å². The monoisotopic (exact) mass is 210 g/mol. The van der Waals surface area contributed by atoms with Gasteiger partial charge in [-0.25, -0.2) is 9.78 Å². The lowest BCUT2D eigenvalue weighted by Crippen LogP contribution is -2.45. The quantitative estimate of drug-likeness (QED) is 0.697. The van der Waals surface area contributed by atoms with E-state index in [0.29, 0.717) is 6.54 Å². The molecule has 0 radical (unpaired) electrons. The Kier molecular flexibility index (Phi) is 2.08. The van der Waals surface area contributed by atoms with Crippen LogP contribution >= 0.6 is 0 Å². The molecule has 5 nitrogen and oxygen atoms in total. The van der Waals surface area contributed by atoms with Gasteiger partial charge in [0, 0.05) is 25.1 Å². The third-order valence-corrected chi connectivity index (χ3v) is 3.07. The Labute approximate surface area is 87.4 Å². The summed E-state index contributed by atoms with van der Waals surface area (Å²) in [7, 11) is 0. The topological polar surface area (TPSA) is 75.3 Å². The van der Waals surface area contributed by atoms with Gasteiger partial charge in [0.1, 0.15) is 5.82 Å². The van der Waals surface area contributed by atoms with Crippen LogP contribution in [0.3, 0.4) is 0 Å². The van der Waals surface area contributed by atoms with Crippen molar-refractivity contribution in [1.82, 2.24) is 9.55 Å². The molecule has 2 N–H and O–H groups in total. The Morgan fingerprint density at radius 3 is 2.80 bits per heavy atom. The summed E-state index contributed by atoms with van der Waals surface area (Å²) in [6, 6.07) is 0. The average molecular weight is 210 g/mol. The molecule has 0 aliphatic carbocycles. The Balaban J connectivity index is 2.42. The maximum atomic E-state index is 10.9. The molecule has 0 saturated carbocycles. The number of rotatable bonds is 1. The molecule has 0 fully saturated rings. The summed E-state index contributed by atoms with van der Waals surface area (Å²) in [6.45, 7) is 4.25. The zero-order chi connectivity index (χ0) is 11.2. The van der Waals surface area contributed by atoms with E-state index in [0.717, 1.165) is 17.2 Å². The first-order valence-corrected chi connectivity index (χ1v) is 4.92. The van der Waals surface area contributed by atoms with Crippen molar-refractivity contribution in [2.75, 3.05) is 0 Å². The van der Waals surface area contributed by atoms with Gasteiger partial charge in [-0.1, -0.05) is 0 Å². The Hall–Kier alpha value is -1.36. The number of hydrogen-bond donors (Lipinski definition) is 2. The van der Waals surface area contributed by atoms with Crippen LogP contribution in [-0.2, 0) is 17.8 Å². The maximum absolute atomic E-state index is 10.9. The first-order valence-electron chi connectivity index (χ1n) is 4.92. The molecule has 15 heavy (non-hydrogen) atoms. The van der Waals surface area contributed by atoms with Crippen LogP contribution < -0.4 is 0 Å². The van der Waals surface area contributed by atoms with Crippen molar-refractivity contribution in [3.63, 3.8) is 0 Å². The lowest BCUT2D eigenvalue weighted by molar-refractivity contribution is -0.160. The van der Waals surface area contributed by atoms with Crippen molar-refractivity contribution in [2.24, 2.45) is 0 Å². The van der Waals surface area contributed by atoms with Gasteiger partial charge >= 0.3 is 5.97 Å². The van der Waals surface area contributed by atoms with Crippen molar-refractivity contribution < 1.29 is 15.0 Å². The molecule has 0 aromatic carbocycles. The molecule has 1 aromatic rings. The average Bonchev–Trinajstić information content (AvgIpc) is 2.42. The lowest BCUT2D eigenvalue weighted by atomic mass is 9.90. The van der Waals surface area contributed by atoms with Crippen LogP contribution in [0, 0.1) is 13.8 Å². The van der Waals surface area contributed by atoms with Crippen molar-refractivity contribution in [3.05, 3.63) is 17.2 Å². The summed E-state index contributed by atoms with van der Waals surface area (Å²) in [5.41, 5.74) is 0.0308. The Morgan fingerprint density at radius 1 is 1.53 bits per heavy atom. The van der Waals surface area contributed by atoms with Crippen molar-refractivity contribution >= 4 is 5.97 Å². The molecular weight excluding hydrogens is 196 g/mol. The van der Waals surface area contributed by atoms with Gasteiger partial charge in [0.15, 0.2) is 5.60 Å². The molecule has 2 heterocycles. The maximum Gasteiger partial charge on any atom is 0.336 e. The highest BCUT2D eigenvalue weighted by Gasteiger charge is 2.40. The van der Waals surface area contributed by atoms with Crippen molar-refractivity contribution in [3.8, 4) is 0 Å². The predicted octanol–water partition coefficient (Wildman–Crippen LogP) is 0.262. The number of nitrogens with zero attached hydrogens (tertiary/aromatic N) is 2. The molecule has 2 rings (SSSR count). The molecule has 0 amide bonds. The van der Waals surface area contributed by atoms with Crippen molar-refractivity contribution in [1.29, 1.82) is 0 Å². The molecule has 1 aliphatic heterocycles. The number of aromatic nitrogens is 2. The molecule has 0 spiro atoms. The van der Waals surface area contributed by atoms with Crippen molar-refractivity contribution in [2.45, 2.75) is 38.8 Å². The summed E-state index contributed by atoms with van der Waals surface area (Å²) in [4.78, 5) is 15.2. The zero-order valence-corrected chi connectivity index (χ0v) is 8.82. The van der Waals surface area contributed by atoms with Crippen LogP contribution in [0.15, 0.2) is 0 Å². The van der Waals surface area contributed by atoms with Gasteiger partial charge in [0.2, 0.25) is 0 Å². The molecule has 82 valence electrons. The van der Waals surface area contributed by atoms with E-state index in [1.165, 1.54) is 0 Å². The number of aliphatic carboxylic acids is 1. The van der Waals surface area contributed by atoms with Crippen LogP contribution in [0.1, 0.15) is 23.6 Å². The molecular formula is C10H14N2O3. The van der Waals surface area contributed by atoms with E-state index in [4.69, 9.17) is 5.11 Å². The minimum atomic E-state index is -1.62. The Bertz CT molecular complexity index is 425. The second-order valence-corrected chi connectivity index (χ2v) is 4.11. The van der Waals surface area contributed by atoms with Crippen LogP contribution in [0.5, 0.6) is 0 Å². The number of carbonyl (C=O) groups is 1. The van der Waals surface area contributed by atoms with Gasteiger partial charge < -0.3 is 14.8 Å². The van der Waals surface area contributed by atoms with Gasteiger partial charge in [-0.3, -0.25) is 0 Å². The third kappa shape index (κ3) is 1.43. The first-order chi connectivity index (χ1) is 6.94. The minimum Gasteiger partial charge on any atom is -0.479 e. The van der Waals surface area contributed by atoms with E-state index in [1.807, 2.05) is 18.4 Å². The molecule has 5 heteroatoms. The highest BCUT2D eigenvalue weighted by molar-refractivity contribution is 5.77. The number of aryl methyl sites for hydroxylation is 2. The molecule has 1 atom stereocenters. The summed E-state index contributed by atoms with van der Waals surface area (Å²) in [6.07, 6.45) is 0.390. The second kappa shape index (κ2) is 3.06. The summed E-state index contributed by atoms with van der Waals surface area (Å²) >= 11 is 0. The number of imidazole rings is 1. The number of carboxylic acid groups (broad SMARTS) is 1. The lowest BCUT2D eigenvalue weighted by Gasteiger charge is -2.29. The van der Waals surface area contributed by atoms with E-state index in [9.17, 15) is 9.90 Å². The highest BCUT2D eigenvalue weighted by atomic mass is 16.4. The van der Waals surface area contributed by atoms with E-state index < -0.39 is 11.6 Å². The fourth-order valence-electron chi connectivity index (χ4n) is 2.12. The molecule has 0 bridgehead atoms. The van der Waals surface area contributed by atoms with E-state index >= 15 is 0 Å². The summed E-state index contributed by atoms with van der Waals surface area (Å²) in [5.74, 6) is -0.262. The molecule has 1 aliphatic rings. The SMILES string of the molecule is Cc1nc(C)n2c1CC(O)(C(=O)O)CC2. The molecule has 1 aromatic heterocycles. The Morgan fingerprint density at radius 2 is 2.20 bits per heavy atom. The number of hydrogen-bond acceptors (Lipinski definition) is 3. The fourth-order valence-corrected chi connectivity index (χ4v) is 2.12. The summed E-state index contributed by atoms with van der Waals surface area (Å²) in [5, 5.41) is 18.8. The van der Waals surface area contributed by atoms with Crippen LogP contribution in [0.25, 0.3) is 0 Å². The van der Waals surface area contributed by atoms with E-state index in [1.54, 1.807) is 0 Å². The van der Waals surface area contributed by atoms with Gasteiger partial charge in [-0.15, -0.1) is 0 Å². The van der Waals surface area contributed by atoms with E-state index in [2.05, 4.69) is 4.98 Å². The van der Waals surface area contributed by atoms with Crippen LogP contribution in [0.4, 0.5) is 0 Å². The smallest absolute Gasteiger partial charge is 0.336 e. The number of carboxylic acids is 1. The standard InChI is InChI=1S/C10H14N2O3/c1-6-8-5-10(15,9(13)14)3-4-12(8)7(2)11-6/h15H,3-5H2,1-2H3,(H,13,14). The van der Waals surface area contributed by atoms with Crippen LogP contribution in [0.2, 0.25) is 0 Å². The van der Waals surface area contributed by atoms with Gasteiger partial charge in [0.05, 0.1) is 5.69 Å². The van der Waals surface area contributed by atoms with Gasteiger partial charge in [0.25, 0.3) is 0 Å².